The van der Waals surface area contributed by atoms with Crippen LogP contribution in [0, 0.1) is 0 Å². The molecule has 2 aromatic rings. The Morgan fingerprint density at radius 2 is 1.22 bits per heavy atom. The molecule has 0 heterocycles. The fraction of sp³-hybridized carbons (Fsp3) is 0.250. The number of rotatable bonds is 8. The molecule has 7 heteroatoms. The van der Waals surface area contributed by atoms with E-state index in [4.69, 9.17) is 0 Å². The zero-order valence-corrected chi connectivity index (χ0v) is 15.3. The van der Waals surface area contributed by atoms with Crippen LogP contribution in [0.15, 0.2) is 48.5 Å². The molecule has 0 saturated heterocycles. The standard InChI is InChI=1S/C20H23N3O4/c1-13(24)11-19(26)22-17-7-3-15(4-8-17)21-16-5-9-18(10-6-16)23-20(27)12-14(2)25/h3-10,13,21,24H,11-12H2,1-2H3,(H,22,26)(H,23,27). The number of ketones is 1. The van der Waals surface area contributed by atoms with Crippen molar-refractivity contribution in [3.05, 3.63) is 48.5 Å². The van der Waals surface area contributed by atoms with Gasteiger partial charge in [0.15, 0.2) is 0 Å². The summed E-state index contributed by atoms with van der Waals surface area (Å²) < 4.78 is 0. The topological polar surface area (TPSA) is 108 Å². The largest absolute Gasteiger partial charge is 0.393 e. The average Bonchev–Trinajstić information content (AvgIpc) is 2.57. The fourth-order valence-corrected chi connectivity index (χ4v) is 2.35. The Morgan fingerprint density at radius 1 is 0.815 bits per heavy atom. The van der Waals surface area contributed by atoms with E-state index in [0.29, 0.717) is 11.4 Å². The number of nitrogens with one attached hydrogen (secondary N) is 3. The van der Waals surface area contributed by atoms with Crippen LogP contribution in [0.1, 0.15) is 26.7 Å². The monoisotopic (exact) mass is 369 g/mol. The number of hydrogen-bond acceptors (Lipinski definition) is 5. The Labute approximate surface area is 157 Å². The second-order valence-corrected chi connectivity index (χ2v) is 6.31. The molecule has 2 rings (SSSR count). The van der Waals surface area contributed by atoms with Gasteiger partial charge in [0, 0.05) is 22.7 Å². The number of aliphatic hydroxyl groups excluding tert-OH is 1. The van der Waals surface area contributed by atoms with E-state index in [1.807, 2.05) is 24.3 Å². The van der Waals surface area contributed by atoms with E-state index in [1.54, 1.807) is 31.2 Å². The van der Waals surface area contributed by atoms with Crippen molar-refractivity contribution in [3.8, 4) is 0 Å². The fourth-order valence-electron chi connectivity index (χ4n) is 2.35. The highest BCUT2D eigenvalue weighted by molar-refractivity contribution is 6.03. The summed E-state index contributed by atoms with van der Waals surface area (Å²) in [5, 5.41) is 17.8. The van der Waals surface area contributed by atoms with Crippen LogP contribution in [0.5, 0.6) is 0 Å². The molecule has 0 saturated carbocycles. The molecule has 0 bridgehead atoms. The maximum Gasteiger partial charge on any atom is 0.231 e. The summed E-state index contributed by atoms with van der Waals surface area (Å²) in [5.41, 5.74) is 2.92. The van der Waals surface area contributed by atoms with Crippen LogP contribution in [-0.4, -0.2) is 28.8 Å². The maximum atomic E-state index is 11.6. The molecule has 1 atom stereocenters. The van der Waals surface area contributed by atoms with E-state index in [-0.39, 0.29) is 30.4 Å². The van der Waals surface area contributed by atoms with Gasteiger partial charge in [-0.3, -0.25) is 14.4 Å². The summed E-state index contributed by atoms with van der Waals surface area (Å²) in [7, 11) is 0. The molecular weight excluding hydrogens is 346 g/mol. The van der Waals surface area contributed by atoms with Crippen molar-refractivity contribution >= 4 is 40.3 Å². The van der Waals surface area contributed by atoms with E-state index in [0.717, 1.165) is 11.4 Å². The summed E-state index contributed by atoms with van der Waals surface area (Å²) >= 11 is 0. The second kappa shape index (κ2) is 9.49. The van der Waals surface area contributed by atoms with Crippen molar-refractivity contribution in [2.75, 3.05) is 16.0 Å². The van der Waals surface area contributed by atoms with Gasteiger partial charge < -0.3 is 21.1 Å². The minimum absolute atomic E-state index is 0.0509. The van der Waals surface area contributed by atoms with Crippen molar-refractivity contribution < 1.29 is 19.5 Å². The lowest BCUT2D eigenvalue weighted by Crippen LogP contribution is -2.17. The van der Waals surface area contributed by atoms with Gasteiger partial charge in [-0.25, -0.2) is 0 Å². The third-order valence-electron chi connectivity index (χ3n) is 3.52. The van der Waals surface area contributed by atoms with Gasteiger partial charge in [0.1, 0.15) is 5.78 Å². The van der Waals surface area contributed by atoms with Crippen LogP contribution in [-0.2, 0) is 14.4 Å². The number of anilines is 4. The smallest absolute Gasteiger partial charge is 0.231 e. The van der Waals surface area contributed by atoms with Gasteiger partial charge in [-0.15, -0.1) is 0 Å². The number of aliphatic hydroxyl groups is 1. The average molecular weight is 369 g/mol. The molecule has 0 aliphatic carbocycles. The Bertz CT molecular complexity index is 799. The number of Topliss-reactive ketones (excluding diaryl/α,β-unsaturated/α-hetero) is 1. The van der Waals surface area contributed by atoms with Crippen LogP contribution < -0.4 is 16.0 Å². The lowest BCUT2D eigenvalue weighted by Gasteiger charge is -2.10. The number of hydrogen-bond donors (Lipinski definition) is 4. The first-order valence-electron chi connectivity index (χ1n) is 8.56. The Kier molecular flexibility index (Phi) is 7.08. The van der Waals surface area contributed by atoms with Crippen LogP contribution in [0.3, 0.4) is 0 Å². The molecular formula is C20H23N3O4. The summed E-state index contributed by atoms with van der Waals surface area (Å²) in [6.45, 7) is 2.93. The molecule has 0 fully saturated rings. The molecule has 0 radical (unpaired) electrons. The first-order valence-corrected chi connectivity index (χ1v) is 8.56. The Balaban J connectivity index is 1.90. The second-order valence-electron chi connectivity index (χ2n) is 6.31. The molecule has 1 unspecified atom stereocenters. The Hall–Kier alpha value is -3.19. The Morgan fingerprint density at radius 3 is 1.63 bits per heavy atom. The zero-order chi connectivity index (χ0) is 19.8. The van der Waals surface area contributed by atoms with Gasteiger partial charge in [-0.1, -0.05) is 0 Å². The van der Waals surface area contributed by atoms with E-state index in [1.165, 1.54) is 6.92 Å². The van der Waals surface area contributed by atoms with Gasteiger partial charge in [0.25, 0.3) is 0 Å². The van der Waals surface area contributed by atoms with Crippen LogP contribution in [0.25, 0.3) is 0 Å². The normalized spacial score (nSPS) is 11.4. The van der Waals surface area contributed by atoms with E-state index >= 15 is 0 Å². The van der Waals surface area contributed by atoms with Crippen molar-refractivity contribution in [2.45, 2.75) is 32.8 Å². The molecule has 142 valence electrons. The lowest BCUT2D eigenvalue weighted by molar-refractivity contribution is -0.124. The zero-order valence-electron chi connectivity index (χ0n) is 15.3. The summed E-state index contributed by atoms with van der Waals surface area (Å²) in [5.74, 6) is -0.763. The molecule has 7 nitrogen and oxygen atoms in total. The number of carbonyl (C=O) groups is 3. The number of benzene rings is 2. The first kappa shape index (κ1) is 20.1. The molecule has 2 amide bonds. The van der Waals surface area contributed by atoms with Gasteiger partial charge in [0.2, 0.25) is 11.8 Å². The van der Waals surface area contributed by atoms with Crippen LogP contribution in [0.4, 0.5) is 22.7 Å². The SMILES string of the molecule is CC(=O)CC(=O)Nc1ccc(Nc2ccc(NC(=O)CC(C)O)cc2)cc1. The quantitative estimate of drug-likeness (QED) is 0.535. The molecule has 0 aromatic heterocycles. The maximum absolute atomic E-state index is 11.6. The third-order valence-corrected chi connectivity index (χ3v) is 3.52. The predicted molar refractivity (Wildman–Crippen MR) is 105 cm³/mol. The summed E-state index contributed by atoms with van der Waals surface area (Å²) in [6.07, 6.45) is -0.767. The van der Waals surface area contributed by atoms with E-state index < -0.39 is 6.10 Å². The highest BCUT2D eigenvalue weighted by Crippen LogP contribution is 2.21. The van der Waals surface area contributed by atoms with Crippen molar-refractivity contribution in [3.63, 3.8) is 0 Å². The van der Waals surface area contributed by atoms with Crippen LogP contribution in [0.2, 0.25) is 0 Å². The van der Waals surface area contributed by atoms with Gasteiger partial charge in [-0.2, -0.15) is 0 Å². The van der Waals surface area contributed by atoms with Gasteiger partial charge in [-0.05, 0) is 62.4 Å². The third kappa shape index (κ3) is 7.29. The van der Waals surface area contributed by atoms with Crippen molar-refractivity contribution in [2.24, 2.45) is 0 Å². The molecule has 4 N–H and O–H groups in total. The van der Waals surface area contributed by atoms with Crippen LogP contribution >= 0.6 is 0 Å². The minimum atomic E-state index is -0.679. The summed E-state index contributed by atoms with van der Waals surface area (Å²) in [4.78, 5) is 34.1. The van der Waals surface area contributed by atoms with Gasteiger partial charge in [0.05, 0.1) is 18.9 Å². The minimum Gasteiger partial charge on any atom is -0.393 e. The van der Waals surface area contributed by atoms with E-state index in [2.05, 4.69) is 16.0 Å². The van der Waals surface area contributed by atoms with Gasteiger partial charge >= 0.3 is 0 Å². The molecule has 0 aliphatic heterocycles. The molecule has 0 aliphatic rings. The molecule has 0 spiro atoms. The predicted octanol–water partition coefficient (Wildman–Crippen LogP) is 3.06. The van der Waals surface area contributed by atoms with Crippen molar-refractivity contribution in [1.29, 1.82) is 0 Å². The van der Waals surface area contributed by atoms with E-state index in [9.17, 15) is 19.5 Å². The highest BCUT2D eigenvalue weighted by Gasteiger charge is 2.07. The summed E-state index contributed by atoms with van der Waals surface area (Å²) in [6, 6.07) is 14.3. The number of amides is 2. The first-order chi connectivity index (χ1) is 12.8. The lowest BCUT2D eigenvalue weighted by atomic mass is 10.2. The van der Waals surface area contributed by atoms with Crippen molar-refractivity contribution in [1.82, 2.24) is 0 Å². The highest BCUT2D eigenvalue weighted by atomic mass is 16.3. The molecule has 2 aromatic carbocycles. The molecule has 27 heavy (non-hydrogen) atoms. The number of carbonyl (C=O) groups excluding carboxylic acids is 3.